The minimum Gasteiger partial charge on any atom is -0.365 e. The van der Waals surface area contributed by atoms with Crippen molar-refractivity contribution in [1.82, 2.24) is 18.8 Å². The van der Waals surface area contributed by atoms with Crippen LogP contribution < -0.4 is 5.32 Å². The predicted molar refractivity (Wildman–Crippen MR) is 103 cm³/mol. The number of pyridine rings is 1. The Bertz CT molecular complexity index is 1100. The van der Waals surface area contributed by atoms with Gasteiger partial charge in [-0.05, 0) is 29.8 Å². The Balaban J connectivity index is 1.65. The Hall–Kier alpha value is -2.85. The molecule has 0 saturated carbocycles. The minimum absolute atomic E-state index is 0.0292. The largest absolute Gasteiger partial charge is 0.365 e. The van der Waals surface area contributed by atoms with Gasteiger partial charge in [-0.25, -0.2) is 27.2 Å². The Kier molecular flexibility index (Phi) is 5.05. The number of hydrogen-bond donors (Lipinski definition) is 1. The van der Waals surface area contributed by atoms with E-state index in [9.17, 15) is 17.2 Å². The topological polar surface area (TPSA) is 80.1 Å². The van der Waals surface area contributed by atoms with Gasteiger partial charge in [0, 0.05) is 38.3 Å². The van der Waals surface area contributed by atoms with Gasteiger partial charge in [-0.15, -0.1) is 0 Å². The third kappa shape index (κ3) is 3.99. The van der Waals surface area contributed by atoms with Crippen LogP contribution in [0.15, 0.2) is 60.1 Å². The van der Waals surface area contributed by atoms with E-state index in [-0.39, 0.29) is 35.9 Å². The number of nitrogens with zero attached hydrogens (tertiary/aromatic N) is 4. The second-order valence-electron chi connectivity index (χ2n) is 6.97. The molecule has 3 aromatic rings. The first kappa shape index (κ1) is 19.5. The quantitative estimate of drug-likeness (QED) is 0.687. The maximum Gasteiger partial charge on any atom is 0.262 e. The number of hydrogen-bond acceptors (Lipinski definition) is 5. The molecule has 10 heteroatoms. The molecule has 1 N–H and O–H groups in total. The van der Waals surface area contributed by atoms with Crippen molar-refractivity contribution in [3.63, 3.8) is 0 Å². The average Bonchev–Trinajstić information content (AvgIpc) is 3.32. The number of imidazole rings is 1. The summed E-state index contributed by atoms with van der Waals surface area (Å²) in [4.78, 5) is 7.97. The van der Waals surface area contributed by atoms with Crippen molar-refractivity contribution in [2.75, 3.05) is 18.4 Å². The summed E-state index contributed by atoms with van der Waals surface area (Å²) in [6.07, 6.45) is 3.97. The van der Waals surface area contributed by atoms with E-state index >= 15 is 0 Å². The van der Waals surface area contributed by atoms with Gasteiger partial charge in [0.25, 0.3) is 10.0 Å². The van der Waals surface area contributed by atoms with Crippen LogP contribution in [-0.4, -0.2) is 46.4 Å². The molecule has 2 atom stereocenters. The molecule has 1 aliphatic rings. The number of aromatic nitrogens is 3. The van der Waals surface area contributed by atoms with E-state index in [1.165, 1.54) is 41.1 Å². The monoisotopic (exact) mass is 419 g/mol. The zero-order valence-electron chi connectivity index (χ0n) is 15.5. The van der Waals surface area contributed by atoms with Crippen molar-refractivity contribution in [1.29, 1.82) is 0 Å². The van der Waals surface area contributed by atoms with Crippen molar-refractivity contribution >= 4 is 15.8 Å². The van der Waals surface area contributed by atoms with E-state index in [1.54, 1.807) is 23.7 Å². The van der Waals surface area contributed by atoms with Crippen LogP contribution in [-0.2, 0) is 17.1 Å². The predicted octanol–water partition coefficient (Wildman–Crippen LogP) is 2.36. The summed E-state index contributed by atoms with van der Waals surface area (Å²) in [5.41, 5.74) is 0.796. The average molecular weight is 419 g/mol. The van der Waals surface area contributed by atoms with Crippen molar-refractivity contribution in [3.05, 3.63) is 72.3 Å². The van der Waals surface area contributed by atoms with E-state index < -0.39 is 15.8 Å². The lowest BCUT2D eigenvalue weighted by atomic mass is 9.94. The molecule has 1 saturated heterocycles. The van der Waals surface area contributed by atoms with Crippen LogP contribution in [0.1, 0.15) is 11.5 Å². The minimum atomic E-state index is -3.79. The number of benzene rings is 1. The van der Waals surface area contributed by atoms with Gasteiger partial charge in [-0.1, -0.05) is 12.1 Å². The molecular weight excluding hydrogens is 400 g/mol. The molecule has 2 aromatic heterocycles. The van der Waals surface area contributed by atoms with Gasteiger partial charge in [-0.2, -0.15) is 4.31 Å². The third-order valence-corrected chi connectivity index (χ3v) is 6.65. The Morgan fingerprint density at radius 2 is 1.76 bits per heavy atom. The molecule has 1 aliphatic heterocycles. The van der Waals surface area contributed by atoms with Crippen LogP contribution in [0.5, 0.6) is 0 Å². The second-order valence-corrected chi connectivity index (χ2v) is 8.85. The molecule has 1 fully saturated rings. The molecular formula is C19H19F2N5O2S. The molecule has 152 valence electrons. The molecule has 1 aromatic carbocycles. The fraction of sp³-hybridized carbons (Fsp3) is 0.263. The fourth-order valence-electron chi connectivity index (χ4n) is 3.46. The highest BCUT2D eigenvalue weighted by Crippen LogP contribution is 2.33. The number of halogens is 2. The van der Waals surface area contributed by atoms with Crippen molar-refractivity contribution < 1.29 is 17.2 Å². The van der Waals surface area contributed by atoms with Crippen molar-refractivity contribution in [3.8, 4) is 0 Å². The lowest BCUT2D eigenvalue weighted by molar-refractivity contribution is 0.468. The second kappa shape index (κ2) is 7.53. The van der Waals surface area contributed by atoms with Crippen LogP contribution in [0.25, 0.3) is 0 Å². The summed E-state index contributed by atoms with van der Waals surface area (Å²) in [5, 5.41) is 3.16. The third-order valence-electron chi connectivity index (χ3n) is 4.93. The summed E-state index contributed by atoms with van der Waals surface area (Å²) in [7, 11) is -2.10. The first-order valence-corrected chi connectivity index (χ1v) is 10.4. The molecule has 0 spiro atoms. The van der Waals surface area contributed by atoms with Crippen LogP contribution in [0.2, 0.25) is 0 Å². The first-order chi connectivity index (χ1) is 13.8. The molecule has 0 bridgehead atoms. The highest BCUT2D eigenvalue weighted by atomic mass is 32.2. The number of sulfonamides is 1. The summed E-state index contributed by atoms with van der Waals surface area (Å²) < 4.78 is 55.5. The number of rotatable bonds is 5. The summed E-state index contributed by atoms with van der Waals surface area (Å²) in [5.74, 6) is -0.646. The fourth-order valence-corrected chi connectivity index (χ4v) is 4.92. The zero-order valence-corrected chi connectivity index (χ0v) is 16.4. The Morgan fingerprint density at radius 3 is 2.38 bits per heavy atom. The molecule has 0 amide bonds. The normalized spacial score (nSPS) is 20.1. The molecule has 29 heavy (non-hydrogen) atoms. The molecule has 4 rings (SSSR count). The van der Waals surface area contributed by atoms with Crippen LogP contribution in [0.3, 0.4) is 0 Å². The molecule has 7 nitrogen and oxygen atoms in total. The lowest BCUT2D eigenvalue weighted by Gasteiger charge is -2.20. The highest BCUT2D eigenvalue weighted by molar-refractivity contribution is 7.89. The van der Waals surface area contributed by atoms with Gasteiger partial charge in [-0.3, -0.25) is 0 Å². The van der Waals surface area contributed by atoms with Crippen molar-refractivity contribution in [2.45, 2.75) is 17.0 Å². The van der Waals surface area contributed by atoms with E-state index in [4.69, 9.17) is 0 Å². The number of aryl methyl sites for hydroxylation is 1. The highest BCUT2D eigenvalue weighted by Gasteiger charge is 2.41. The number of anilines is 1. The molecule has 0 unspecified atom stereocenters. The van der Waals surface area contributed by atoms with E-state index in [0.29, 0.717) is 5.82 Å². The standard InChI is InChI=1S/C19H19F2N5O2S/c1-25-11-19(23-12-25)29(27,28)26-9-16(13-2-4-14(20)5-3-13)17(10-26)24-18-7-6-15(21)8-22-18/h2-8,11-12,16-17H,9-10H2,1H3,(H,22,24)/t16-,17+/m1/s1. The summed E-state index contributed by atoms with van der Waals surface area (Å²) >= 11 is 0. The molecule has 3 heterocycles. The summed E-state index contributed by atoms with van der Waals surface area (Å²) in [6.45, 7) is 0.364. The zero-order chi connectivity index (χ0) is 20.6. The first-order valence-electron chi connectivity index (χ1n) is 8.94. The SMILES string of the molecule is Cn1cnc(S(=O)(=O)N2C[C@H](Nc3ccc(F)cn3)[C@@H](c3ccc(F)cc3)C2)c1. The Morgan fingerprint density at radius 1 is 1.03 bits per heavy atom. The summed E-state index contributed by atoms with van der Waals surface area (Å²) in [6, 6.07) is 8.41. The van der Waals surface area contributed by atoms with E-state index in [2.05, 4.69) is 15.3 Å². The molecule has 0 aliphatic carbocycles. The van der Waals surface area contributed by atoms with E-state index in [1.807, 2.05) is 0 Å². The maximum absolute atomic E-state index is 13.4. The molecule has 0 radical (unpaired) electrons. The van der Waals surface area contributed by atoms with Crippen LogP contribution >= 0.6 is 0 Å². The smallest absolute Gasteiger partial charge is 0.262 e. The van der Waals surface area contributed by atoms with Crippen molar-refractivity contribution in [2.24, 2.45) is 7.05 Å². The maximum atomic E-state index is 13.4. The van der Waals surface area contributed by atoms with E-state index in [0.717, 1.165) is 11.8 Å². The van der Waals surface area contributed by atoms with Crippen LogP contribution in [0.4, 0.5) is 14.6 Å². The van der Waals surface area contributed by atoms with Gasteiger partial charge < -0.3 is 9.88 Å². The van der Waals surface area contributed by atoms with Gasteiger partial charge in [0.05, 0.1) is 12.5 Å². The van der Waals surface area contributed by atoms with Gasteiger partial charge in [0.2, 0.25) is 0 Å². The van der Waals surface area contributed by atoms with Gasteiger partial charge >= 0.3 is 0 Å². The van der Waals surface area contributed by atoms with Gasteiger partial charge in [0.15, 0.2) is 5.03 Å². The number of nitrogens with one attached hydrogen (secondary N) is 1. The Labute approximate surface area is 167 Å². The van der Waals surface area contributed by atoms with Crippen LogP contribution in [0, 0.1) is 11.6 Å². The lowest BCUT2D eigenvalue weighted by Crippen LogP contribution is -2.32. The van der Waals surface area contributed by atoms with Gasteiger partial charge in [0.1, 0.15) is 17.5 Å².